The van der Waals surface area contributed by atoms with Gasteiger partial charge in [-0.3, -0.25) is 0 Å². The fourth-order valence-corrected chi connectivity index (χ4v) is 2.85. The number of aliphatic hydroxyl groups is 1. The van der Waals surface area contributed by atoms with E-state index in [1.165, 1.54) is 16.0 Å². The molecule has 0 heterocycles. The van der Waals surface area contributed by atoms with Crippen LogP contribution in [-0.2, 0) is 6.42 Å². The first-order chi connectivity index (χ1) is 9.74. The molecule has 0 fully saturated rings. The third-order valence-electron chi connectivity index (χ3n) is 2.86. The van der Waals surface area contributed by atoms with Crippen LogP contribution in [0.3, 0.4) is 0 Å². The van der Waals surface area contributed by atoms with Gasteiger partial charge in [0.1, 0.15) is 0 Å². The van der Waals surface area contributed by atoms with E-state index in [0.29, 0.717) is 0 Å². The smallest absolute Gasteiger partial charge is 0.0605 e. The summed E-state index contributed by atoms with van der Waals surface area (Å²) in [5.41, 5.74) is 2.50. The van der Waals surface area contributed by atoms with Crippen molar-refractivity contribution in [2.75, 3.05) is 5.75 Å². The number of hydrogen-bond donors (Lipinski definition) is 1. The fraction of sp³-hybridized carbons (Fsp3) is 0.222. The summed E-state index contributed by atoms with van der Waals surface area (Å²) in [6, 6.07) is 20.8. The number of aliphatic hydroxyl groups excluding tert-OH is 1. The summed E-state index contributed by atoms with van der Waals surface area (Å²) < 4.78 is 0. The predicted molar refractivity (Wildman–Crippen MR) is 88.7 cm³/mol. The Labute approximate surface area is 125 Å². The van der Waals surface area contributed by atoms with Crippen molar-refractivity contribution in [1.82, 2.24) is 0 Å². The molecule has 0 aromatic heterocycles. The van der Waals surface area contributed by atoms with Crippen molar-refractivity contribution in [2.24, 2.45) is 0 Å². The zero-order chi connectivity index (χ0) is 14.2. The molecule has 0 aliphatic rings. The molecule has 0 saturated heterocycles. The van der Waals surface area contributed by atoms with Crippen molar-refractivity contribution >= 4 is 17.8 Å². The molecular weight excluding hydrogens is 264 g/mol. The van der Waals surface area contributed by atoms with Gasteiger partial charge in [-0.2, -0.15) is 0 Å². The van der Waals surface area contributed by atoms with Crippen LogP contribution < -0.4 is 0 Å². The number of benzene rings is 2. The lowest BCUT2D eigenvalue weighted by Crippen LogP contribution is -2.03. The maximum absolute atomic E-state index is 9.49. The van der Waals surface area contributed by atoms with Gasteiger partial charge in [0.15, 0.2) is 0 Å². The molecule has 0 bridgehead atoms. The molecule has 0 unspecified atom stereocenters. The molecular formula is C18H20OS. The van der Waals surface area contributed by atoms with Crippen LogP contribution in [0.1, 0.15) is 18.1 Å². The lowest BCUT2D eigenvalue weighted by atomic mass is 10.1. The van der Waals surface area contributed by atoms with Gasteiger partial charge in [0.2, 0.25) is 0 Å². The average molecular weight is 284 g/mol. The van der Waals surface area contributed by atoms with Gasteiger partial charge in [-0.1, -0.05) is 60.7 Å². The number of thioether (sulfide) groups is 1. The van der Waals surface area contributed by atoms with Gasteiger partial charge >= 0.3 is 0 Å². The largest absolute Gasteiger partial charge is 0.393 e. The molecule has 20 heavy (non-hydrogen) atoms. The fourth-order valence-electron chi connectivity index (χ4n) is 1.90. The molecule has 2 rings (SSSR count). The molecule has 0 spiro atoms. The first kappa shape index (κ1) is 14.9. The van der Waals surface area contributed by atoms with E-state index in [2.05, 4.69) is 42.5 Å². The maximum atomic E-state index is 9.49. The molecule has 0 radical (unpaired) electrons. The molecule has 104 valence electrons. The molecule has 1 atom stereocenters. The molecule has 2 heteroatoms. The molecule has 0 aliphatic heterocycles. The van der Waals surface area contributed by atoms with Crippen molar-refractivity contribution in [1.29, 1.82) is 0 Å². The predicted octanol–water partition coefficient (Wildman–Crippen LogP) is 4.38. The topological polar surface area (TPSA) is 20.2 Å². The van der Waals surface area contributed by atoms with Crippen molar-refractivity contribution in [3.63, 3.8) is 0 Å². The van der Waals surface area contributed by atoms with Gasteiger partial charge in [0.05, 0.1) is 6.10 Å². The number of rotatable bonds is 6. The molecule has 0 saturated carbocycles. The molecule has 0 aliphatic carbocycles. The summed E-state index contributed by atoms with van der Waals surface area (Å²) in [6.07, 6.45) is 2.84. The highest BCUT2D eigenvalue weighted by Gasteiger charge is 2.04. The van der Waals surface area contributed by atoms with Crippen LogP contribution >= 0.6 is 11.8 Å². The highest BCUT2D eigenvalue weighted by molar-refractivity contribution is 8.03. The van der Waals surface area contributed by atoms with Gasteiger partial charge in [0.25, 0.3) is 0 Å². The standard InChI is InChI=1S/C18H20OS/c1-15(19)14-20-18(12-16-8-4-2-5-9-16)13-17-10-6-3-7-11-17/h2-12,15,19H,13-14H2,1H3/b18-12+/t15-/m0/s1. The van der Waals surface area contributed by atoms with E-state index in [-0.39, 0.29) is 6.10 Å². The minimum atomic E-state index is -0.282. The van der Waals surface area contributed by atoms with Crippen LogP contribution in [0, 0.1) is 0 Å². The average Bonchev–Trinajstić information content (AvgIpc) is 2.47. The molecule has 2 aromatic rings. The van der Waals surface area contributed by atoms with E-state index in [0.717, 1.165) is 12.2 Å². The minimum absolute atomic E-state index is 0.282. The second-order valence-corrected chi connectivity index (χ2v) is 5.99. The first-order valence-corrected chi connectivity index (χ1v) is 7.83. The van der Waals surface area contributed by atoms with Gasteiger partial charge in [-0.05, 0) is 29.0 Å². The van der Waals surface area contributed by atoms with Crippen molar-refractivity contribution in [3.8, 4) is 0 Å². The second kappa shape index (κ2) is 7.93. The quantitative estimate of drug-likeness (QED) is 0.849. The summed E-state index contributed by atoms with van der Waals surface area (Å²) in [7, 11) is 0. The summed E-state index contributed by atoms with van der Waals surface area (Å²) in [4.78, 5) is 1.28. The van der Waals surface area contributed by atoms with E-state index >= 15 is 0 Å². The summed E-state index contributed by atoms with van der Waals surface area (Å²) in [5.74, 6) is 0.728. The van der Waals surface area contributed by atoms with Crippen molar-refractivity contribution in [3.05, 3.63) is 76.7 Å². The van der Waals surface area contributed by atoms with E-state index in [4.69, 9.17) is 0 Å². The Hall–Kier alpha value is -1.51. The SMILES string of the molecule is C[C@H](O)CS/C(=C/c1ccccc1)Cc1ccccc1. The number of allylic oxidation sites excluding steroid dienone is 1. The second-order valence-electron chi connectivity index (χ2n) is 4.84. The van der Waals surface area contributed by atoms with Crippen molar-refractivity contribution in [2.45, 2.75) is 19.4 Å². The van der Waals surface area contributed by atoms with Crippen LogP contribution in [0.15, 0.2) is 65.6 Å². The Morgan fingerprint density at radius 2 is 1.65 bits per heavy atom. The lowest BCUT2D eigenvalue weighted by Gasteiger charge is -2.09. The third kappa shape index (κ3) is 5.24. The van der Waals surface area contributed by atoms with Crippen LogP contribution in [0.4, 0.5) is 0 Å². The van der Waals surface area contributed by atoms with E-state index in [1.807, 2.05) is 31.2 Å². The highest BCUT2D eigenvalue weighted by atomic mass is 32.2. The molecule has 2 aromatic carbocycles. The lowest BCUT2D eigenvalue weighted by molar-refractivity contribution is 0.220. The normalized spacial score (nSPS) is 13.2. The summed E-state index contributed by atoms with van der Waals surface area (Å²) >= 11 is 1.73. The Morgan fingerprint density at radius 1 is 1.05 bits per heavy atom. The zero-order valence-corrected chi connectivity index (χ0v) is 12.5. The molecule has 0 amide bonds. The van der Waals surface area contributed by atoms with E-state index < -0.39 is 0 Å². The Balaban J connectivity index is 2.14. The Kier molecular flexibility index (Phi) is 5.90. The van der Waals surface area contributed by atoms with Gasteiger partial charge < -0.3 is 5.11 Å². The number of hydrogen-bond acceptors (Lipinski definition) is 2. The van der Waals surface area contributed by atoms with Crippen LogP contribution in [0.5, 0.6) is 0 Å². The molecule has 1 nitrogen and oxygen atoms in total. The van der Waals surface area contributed by atoms with E-state index in [9.17, 15) is 5.11 Å². The zero-order valence-electron chi connectivity index (χ0n) is 11.7. The van der Waals surface area contributed by atoms with Crippen LogP contribution in [0.25, 0.3) is 6.08 Å². The molecule has 1 N–H and O–H groups in total. The first-order valence-electron chi connectivity index (χ1n) is 6.84. The maximum Gasteiger partial charge on any atom is 0.0605 e. The van der Waals surface area contributed by atoms with Gasteiger partial charge in [-0.15, -0.1) is 11.8 Å². The van der Waals surface area contributed by atoms with E-state index in [1.54, 1.807) is 11.8 Å². The van der Waals surface area contributed by atoms with Gasteiger partial charge in [0, 0.05) is 12.2 Å². The Bertz CT molecular complexity index is 532. The van der Waals surface area contributed by atoms with Crippen LogP contribution in [0.2, 0.25) is 0 Å². The highest BCUT2D eigenvalue weighted by Crippen LogP contribution is 2.24. The summed E-state index contributed by atoms with van der Waals surface area (Å²) in [5, 5.41) is 9.49. The van der Waals surface area contributed by atoms with Crippen LogP contribution in [-0.4, -0.2) is 17.0 Å². The Morgan fingerprint density at radius 3 is 2.25 bits per heavy atom. The minimum Gasteiger partial charge on any atom is -0.393 e. The monoisotopic (exact) mass is 284 g/mol. The van der Waals surface area contributed by atoms with Crippen molar-refractivity contribution < 1.29 is 5.11 Å². The van der Waals surface area contributed by atoms with Gasteiger partial charge in [-0.25, -0.2) is 0 Å². The summed E-state index contributed by atoms with van der Waals surface area (Å²) in [6.45, 7) is 1.83. The third-order valence-corrected chi connectivity index (χ3v) is 4.14.